The Labute approximate surface area is 187 Å². The highest BCUT2D eigenvalue weighted by Gasteiger charge is 2.27. The molecule has 0 unspecified atom stereocenters. The Bertz CT molecular complexity index is 1430. The third-order valence-electron chi connectivity index (χ3n) is 5.44. The average molecular weight is 481 g/mol. The lowest BCUT2D eigenvalue weighted by Crippen LogP contribution is -2.37. The van der Waals surface area contributed by atoms with Crippen molar-refractivity contribution in [2.24, 2.45) is 14.1 Å². The number of anilines is 1. The monoisotopic (exact) mass is 480 g/mol. The van der Waals surface area contributed by atoms with Gasteiger partial charge in [0.05, 0.1) is 4.90 Å². The van der Waals surface area contributed by atoms with E-state index in [1.165, 1.54) is 51.8 Å². The highest BCUT2D eigenvalue weighted by Crippen LogP contribution is 2.22. The van der Waals surface area contributed by atoms with Crippen LogP contribution in [-0.2, 0) is 35.5 Å². The van der Waals surface area contributed by atoms with Crippen LogP contribution in [0.2, 0.25) is 5.28 Å². The Balaban J connectivity index is 1.56. The van der Waals surface area contributed by atoms with E-state index >= 15 is 0 Å². The summed E-state index contributed by atoms with van der Waals surface area (Å²) in [6.07, 6.45) is 1.69. The van der Waals surface area contributed by atoms with Gasteiger partial charge in [0.15, 0.2) is 11.2 Å². The molecule has 0 saturated carbocycles. The number of aryl methyl sites for hydroxylation is 1. The number of halogens is 1. The number of fused-ring (bicyclic) bond motifs is 1. The third-order valence-corrected chi connectivity index (χ3v) is 7.65. The van der Waals surface area contributed by atoms with E-state index in [0.29, 0.717) is 18.8 Å². The van der Waals surface area contributed by atoms with Gasteiger partial charge in [0, 0.05) is 32.9 Å². The topological polar surface area (TPSA) is 128 Å². The van der Waals surface area contributed by atoms with E-state index in [-0.39, 0.29) is 27.9 Å². The van der Waals surface area contributed by atoms with Gasteiger partial charge in [-0.25, -0.2) is 13.2 Å². The molecule has 1 fully saturated rings. The molecule has 3 heterocycles. The van der Waals surface area contributed by atoms with Crippen molar-refractivity contribution in [3.8, 4) is 0 Å². The van der Waals surface area contributed by atoms with Crippen molar-refractivity contribution in [2.75, 3.05) is 18.4 Å². The van der Waals surface area contributed by atoms with E-state index in [4.69, 9.17) is 11.6 Å². The van der Waals surface area contributed by atoms with Crippen LogP contribution in [-0.4, -0.2) is 50.4 Å². The molecule has 4 rings (SSSR count). The molecule has 0 atom stereocenters. The molecule has 1 amide bonds. The number of nitrogens with zero attached hydrogens (tertiary/aromatic N) is 5. The van der Waals surface area contributed by atoms with Crippen LogP contribution in [0.3, 0.4) is 0 Å². The van der Waals surface area contributed by atoms with Crippen LogP contribution < -0.4 is 16.6 Å². The molecule has 13 heteroatoms. The van der Waals surface area contributed by atoms with Gasteiger partial charge in [-0.1, -0.05) is 0 Å². The number of rotatable bonds is 5. The molecule has 0 bridgehead atoms. The third kappa shape index (κ3) is 3.74. The Morgan fingerprint density at radius 2 is 1.72 bits per heavy atom. The summed E-state index contributed by atoms with van der Waals surface area (Å²) in [6, 6.07) is 5.87. The van der Waals surface area contributed by atoms with E-state index in [2.05, 4.69) is 10.3 Å². The number of hydrogen-bond donors (Lipinski definition) is 1. The fourth-order valence-electron chi connectivity index (χ4n) is 3.70. The Morgan fingerprint density at radius 1 is 1.09 bits per heavy atom. The molecule has 32 heavy (non-hydrogen) atoms. The van der Waals surface area contributed by atoms with Gasteiger partial charge in [-0.15, -0.1) is 0 Å². The van der Waals surface area contributed by atoms with Crippen molar-refractivity contribution in [3.63, 3.8) is 0 Å². The van der Waals surface area contributed by atoms with E-state index in [1.807, 2.05) is 0 Å². The number of carbonyl (C=O) groups excluding carboxylic acids is 1. The second-order valence-corrected chi connectivity index (χ2v) is 9.80. The summed E-state index contributed by atoms with van der Waals surface area (Å²) < 4.78 is 30.0. The standard InChI is InChI=1S/C19H21ClN6O5S/c1-23-16-15(17(28)24(2)19(23)29)26(18(20)22-16)11-14(27)21-12-5-7-13(8-6-12)32(30,31)25-9-3-4-10-25/h5-8H,3-4,9-11H2,1-2H3,(H,21,27). The molecule has 3 aromatic rings. The molecule has 1 saturated heterocycles. The second-order valence-electron chi connectivity index (χ2n) is 7.53. The Kier molecular flexibility index (Phi) is 5.69. The van der Waals surface area contributed by atoms with Crippen LogP contribution in [0.4, 0.5) is 5.69 Å². The van der Waals surface area contributed by atoms with Gasteiger partial charge in [-0.3, -0.25) is 23.3 Å². The fourth-order valence-corrected chi connectivity index (χ4v) is 5.44. The number of imidazole rings is 1. The predicted octanol–water partition coefficient (Wildman–Crippen LogP) is 0.510. The lowest BCUT2D eigenvalue weighted by molar-refractivity contribution is -0.116. The van der Waals surface area contributed by atoms with E-state index in [1.54, 1.807) is 0 Å². The minimum Gasteiger partial charge on any atom is -0.325 e. The van der Waals surface area contributed by atoms with Gasteiger partial charge in [0.1, 0.15) is 6.54 Å². The van der Waals surface area contributed by atoms with Crippen molar-refractivity contribution in [1.29, 1.82) is 0 Å². The number of nitrogens with one attached hydrogen (secondary N) is 1. The summed E-state index contributed by atoms with van der Waals surface area (Å²) in [5.74, 6) is -0.503. The lowest BCUT2D eigenvalue weighted by atomic mass is 10.3. The summed E-state index contributed by atoms with van der Waals surface area (Å²) in [5.41, 5.74) is -0.686. The van der Waals surface area contributed by atoms with Crippen molar-refractivity contribution >= 4 is 44.4 Å². The Morgan fingerprint density at radius 3 is 2.34 bits per heavy atom. The fraction of sp³-hybridized carbons (Fsp3) is 0.368. The van der Waals surface area contributed by atoms with Crippen LogP contribution in [0.15, 0.2) is 38.8 Å². The maximum Gasteiger partial charge on any atom is 0.332 e. The first kappa shape index (κ1) is 22.2. The van der Waals surface area contributed by atoms with Crippen LogP contribution >= 0.6 is 11.6 Å². The van der Waals surface area contributed by atoms with Crippen molar-refractivity contribution < 1.29 is 13.2 Å². The highest BCUT2D eigenvalue weighted by molar-refractivity contribution is 7.89. The Hall–Kier alpha value is -2.96. The van der Waals surface area contributed by atoms with Crippen molar-refractivity contribution in [2.45, 2.75) is 24.3 Å². The molecular weight excluding hydrogens is 460 g/mol. The molecular formula is C19H21ClN6O5S. The molecule has 11 nitrogen and oxygen atoms in total. The zero-order valence-corrected chi connectivity index (χ0v) is 19.0. The first-order valence-electron chi connectivity index (χ1n) is 9.83. The van der Waals surface area contributed by atoms with Crippen LogP contribution in [0.25, 0.3) is 11.2 Å². The first-order chi connectivity index (χ1) is 15.1. The molecule has 1 aromatic carbocycles. The van der Waals surface area contributed by atoms with Crippen LogP contribution in [0.5, 0.6) is 0 Å². The van der Waals surface area contributed by atoms with Gasteiger partial charge < -0.3 is 5.32 Å². The molecule has 0 aliphatic carbocycles. The number of aromatic nitrogens is 4. The lowest BCUT2D eigenvalue weighted by Gasteiger charge is -2.15. The van der Waals surface area contributed by atoms with Gasteiger partial charge in [-0.2, -0.15) is 9.29 Å². The molecule has 1 aliphatic heterocycles. The number of hydrogen-bond acceptors (Lipinski definition) is 6. The maximum atomic E-state index is 12.6. The maximum absolute atomic E-state index is 12.6. The second kappa shape index (κ2) is 8.19. The van der Waals surface area contributed by atoms with Crippen molar-refractivity contribution in [1.82, 2.24) is 23.0 Å². The number of sulfonamides is 1. The molecule has 1 N–H and O–H groups in total. The van der Waals surface area contributed by atoms with Crippen LogP contribution in [0, 0.1) is 0 Å². The quantitative estimate of drug-likeness (QED) is 0.530. The number of carbonyl (C=O) groups is 1. The minimum absolute atomic E-state index is 0.0294. The first-order valence-corrected chi connectivity index (χ1v) is 11.6. The summed E-state index contributed by atoms with van der Waals surface area (Å²) in [6.45, 7) is 0.688. The summed E-state index contributed by atoms with van der Waals surface area (Å²) in [7, 11) is -0.765. The normalized spacial score (nSPS) is 14.8. The summed E-state index contributed by atoms with van der Waals surface area (Å²) in [4.78, 5) is 41.4. The van der Waals surface area contributed by atoms with Gasteiger partial charge in [0.25, 0.3) is 5.56 Å². The molecule has 1 aliphatic rings. The number of benzene rings is 1. The highest BCUT2D eigenvalue weighted by atomic mass is 35.5. The van der Waals surface area contributed by atoms with E-state index in [0.717, 1.165) is 17.4 Å². The van der Waals surface area contributed by atoms with Gasteiger partial charge in [0.2, 0.25) is 21.2 Å². The smallest absolute Gasteiger partial charge is 0.325 e. The zero-order chi connectivity index (χ0) is 23.2. The molecule has 0 radical (unpaired) electrons. The summed E-state index contributed by atoms with van der Waals surface area (Å²) in [5, 5.41) is 2.54. The zero-order valence-electron chi connectivity index (χ0n) is 17.4. The molecule has 2 aromatic heterocycles. The largest absolute Gasteiger partial charge is 0.332 e. The molecule has 0 spiro atoms. The van der Waals surface area contributed by atoms with Gasteiger partial charge >= 0.3 is 5.69 Å². The summed E-state index contributed by atoms with van der Waals surface area (Å²) >= 11 is 6.13. The van der Waals surface area contributed by atoms with Crippen molar-refractivity contribution in [3.05, 3.63) is 50.4 Å². The van der Waals surface area contributed by atoms with Crippen LogP contribution in [0.1, 0.15) is 12.8 Å². The van der Waals surface area contributed by atoms with E-state index < -0.39 is 27.2 Å². The molecule has 170 valence electrons. The minimum atomic E-state index is -3.55. The van der Waals surface area contributed by atoms with Gasteiger partial charge in [-0.05, 0) is 48.7 Å². The van der Waals surface area contributed by atoms with E-state index in [9.17, 15) is 22.8 Å². The number of amides is 1. The average Bonchev–Trinajstić information content (AvgIpc) is 3.41. The predicted molar refractivity (Wildman–Crippen MR) is 118 cm³/mol. The SMILES string of the molecule is Cn1c(=O)c2c(nc(Cl)n2CC(=O)Nc2ccc(S(=O)(=O)N3CCCC3)cc2)n(C)c1=O.